The number of hydrogen-bond acceptors (Lipinski definition) is 8. The summed E-state index contributed by atoms with van der Waals surface area (Å²) in [4.78, 5) is 34.9. The summed E-state index contributed by atoms with van der Waals surface area (Å²) in [5, 5.41) is 5.35. The number of carbonyl (C=O) groups excluding carboxylic acids is 2. The number of anilines is 3. The Bertz CT molecular complexity index is 1390. The van der Waals surface area contributed by atoms with Crippen LogP contribution in [0.15, 0.2) is 59.6 Å². The fourth-order valence-corrected chi connectivity index (χ4v) is 5.17. The predicted octanol–water partition coefficient (Wildman–Crippen LogP) is 1.87. The van der Waals surface area contributed by atoms with Gasteiger partial charge >= 0.3 is 0 Å². The molecule has 188 valence electrons. The predicted molar refractivity (Wildman–Crippen MR) is 137 cm³/mol. The van der Waals surface area contributed by atoms with Gasteiger partial charge in [-0.1, -0.05) is 18.2 Å². The second-order valence-corrected chi connectivity index (χ2v) is 10.4. The van der Waals surface area contributed by atoms with Gasteiger partial charge in [0.2, 0.25) is 15.9 Å². The highest BCUT2D eigenvalue weighted by atomic mass is 32.2. The summed E-state index contributed by atoms with van der Waals surface area (Å²) in [6.07, 6.45) is 1.42. The van der Waals surface area contributed by atoms with E-state index in [1.54, 1.807) is 36.4 Å². The minimum Gasteiger partial charge on any atom is -0.382 e. The minimum absolute atomic E-state index is 0.0523. The lowest BCUT2D eigenvalue weighted by atomic mass is 10.1. The normalized spacial score (nSPS) is 14.8. The number of carbonyl (C=O) groups is 2. The van der Waals surface area contributed by atoms with E-state index in [9.17, 15) is 18.0 Å². The molecule has 36 heavy (non-hydrogen) atoms. The van der Waals surface area contributed by atoms with Crippen LogP contribution in [0.2, 0.25) is 0 Å². The number of benzene rings is 2. The fraction of sp³-hybridized carbons (Fsp3) is 0.250. The van der Waals surface area contributed by atoms with Crippen LogP contribution >= 0.6 is 0 Å². The highest BCUT2D eigenvalue weighted by Gasteiger charge is 2.27. The van der Waals surface area contributed by atoms with Crippen LogP contribution in [0.25, 0.3) is 11.3 Å². The van der Waals surface area contributed by atoms with Crippen LogP contribution in [0, 0.1) is 0 Å². The summed E-state index contributed by atoms with van der Waals surface area (Å²) in [5.41, 5.74) is 7.75. The number of rotatable bonds is 6. The Balaban J connectivity index is 1.53. The van der Waals surface area contributed by atoms with E-state index in [4.69, 9.17) is 5.73 Å². The van der Waals surface area contributed by atoms with E-state index in [0.29, 0.717) is 48.8 Å². The third kappa shape index (κ3) is 5.67. The number of hydrogen-bond donors (Lipinski definition) is 3. The molecule has 1 aromatic heterocycles. The SMILES string of the molecule is CC(=O)Nc1cccc(NC(=O)c2nc(-c3ccc(S(=O)(=O)N4CCN(C)CC4)cc3)cnc2N)c1. The molecule has 0 saturated carbocycles. The Morgan fingerprint density at radius 3 is 2.25 bits per heavy atom. The zero-order valence-electron chi connectivity index (χ0n) is 19.9. The first-order valence-electron chi connectivity index (χ1n) is 11.2. The van der Waals surface area contributed by atoms with Crippen molar-refractivity contribution >= 4 is 39.0 Å². The van der Waals surface area contributed by atoms with Crippen LogP contribution in [-0.2, 0) is 14.8 Å². The molecular weight excluding hydrogens is 482 g/mol. The Morgan fingerprint density at radius 1 is 0.972 bits per heavy atom. The van der Waals surface area contributed by atoms with E-state index >= 15 is 0 Å². The van der Waals surface area contributed by atoms with E-state index in [1.165, 1.54) is 29.6 Å². The molecule has 4 N–H and O–H groups in total. The number of likely N-dealkylation sites (N-methyl/N-ethyl adjacent to an activating group) is 1. The third-order valence-corrected chi connectivity index (χ3v) is 7.62. The minimum atomic E-state index is -3.60. The average molecular weight is 510 g/mol. The molecule has 2 aromatic carbocycles. The molecule has 1 fully saturated rings. The average Bonchev–Trinajstić information content (AvgIpc) is 2.84. The molecule has 0 radical (unpaired) electrons. The topological polar surface area (TPSA) is 151 Å². The number of amides is 2. The maximum Gasteiger partial charge on any atom is 0.278 e. The van der Waals surface area contributed by atoms with Gasteiger partial charge in [0.25, 0.3) is 5.91 Å². The quantitative estimate of drug-likeness (QED) is 0.456. The Hall–Kier alpha value is -3.87. The highest BCUT2D eigenvalue weighted by molar-refractivity contribution is 7.89. The van der Waals surface area contributed by atoms with Crippen molar-refractivity contribution in [1.29, 1.82) is 0 Å². The zero-order valence-corrected chi connectivity index (χ0v) is 20.7. The van der Waals surface area contributed by atoms with Crippen molar-refractivity contribution in [3.05, 3.63) is 60.4 Å². The first-order valence-corrected chi connectivity index (χ1v) is 12.7. The van der Waals surface area contributed by atoms with Gasteiger partial charge in [0.05, 0.1) is 16.8 Å². The molecule has 3 aromatic rings. The Kier molecular flexibility index (Phi) is 7.29. The summed E-state index contributed by atoms with van der Waals surface area (Å²) < 4.78 is 27.4. The first kappa shape index (κ1) is 25.2. The van der Waals surface area contributed by atoms with Gasteiger partial charge in [-0.25, -0.2) is 18.4 Å². The molecule has 12 heteroatoms. The molecule has 1 saturated heterocycles. The number of piperazine rings is 1. The summed E-state index contributed by atoms with van der Waals surface area (Å²) in [7, 11) is -1.64. The molecule has 1 aliphatic rings. The van der Waals surface area contributed by atoms with Gasteiger partial charge in [0.15, 0.2) is 11.5 Å². The van der Waals surface area contributed by atoms with Crippen molar-refractivity contribution in [2.45, 2.75) is 11.8 Å². The molecular formula is C24H27N7O4S. The smallest absolute Gasteiger partial charge is 0.278 e. The fourth-order valence-electron chi connectivity index (χ4n) is 3.75. The highest BCUT2D eigenvalue weighted by Crippen LogP contribution is 2.24. The summed E-state index contributed by atoms with van der Waals surface area (Å²) >= 11 is 0. The van der Waals surface area contributed by atoms with Gasteiger partial charge in [-0.3, -0.25) is 9.59 Å². The zero-order chi connectivity index (χ0) is 25.9. The van der Waals surface area contributed by atoms with Crippen LogP contribution in [0.1, 0.15) is 17.4 Å². The summed E-state index contributed by atoms with van der Waals surface area (Å²) in [6.45, 7) is 3.63. The molecule has 2 amide bonds. The largest absolute Gasteiger partial charge is 0.382 e. The van der Waals surface area contributed by atoms with Crippen LogP contribution in [0.5, 0.6) is 0 Å². The second-order valence-electron chi connectivity index (χ2n) is 8.44. The number of nitrogens with one attached hydrogen (secondary N) is 2. The molecule has 1 aliphatic heterocycles. The van der Waals surface area contributed by atoms with Gasteiger partial charge in [-0.2, -0.15) is 4.31 Å². The lowest BCUT2D eigenvalue weighted by molar-refractivity contribution is -0.114. The maximum absolute atomic E-state index is 13.0. The number of nitrogen functional groups attached to an aromatic ring is 1. The van der Waals surface area contributed by atoms with Crippen molar-refractivity contribution in [3.63, 3.8) is 0 Å². The lowest BCUT2D eigenvalue weighted by Crippen LogP contribution is -2.46. The molecule has 11 nitrogen and oxygen atoms in total. The van der Waals surface area contributed by atoms with Crippen molar-refractivity contribution in [2.75, 3.05) is 49.6 Å². The van der Waals surface area contributed by atoms with Crippen LogP contribution in [-0.4, -0.2) is 72.6 Å². The Labute approximate surface area is 209 Å². The van der Waals surface area contributed by atoms with E-state index in [1.807, 2.05) is 7.05 Å². The van der Waals surface area contributed by atoms with Crippen molar-refractivity contribution in [1.82, 2.24) is 19.2 Å². The third-order valence-electron chi connectivity index (χ3n) is 5.71. The number of nitrogens with zero attached hydrogens (tertiary/aromatic N) is 4. The van der Waals surface area contributed by atoms with Crippen molar-refractivity contribution in [2.24, 2.45) is 0 Å². The van der Waals surface area contributed by atoms with E-state index in [-0.39, 0.29) is 22.3 Å². The second kappa shape index (κ2) is 10.4. The molecule has 0 aliphatic carbocycles. The monoisotopic (exact) mass is 509 g/mol. The van der Waals surface area contributed by atoms with E-state index in [0.717, 1.165) is 0 Å². The molecule has 4 rings (SSSR count). The standard InChI is InChI=1S/C24H27N7O4S/c1-16(32)27-18-4-3-5-19(14-18)28-24(33)22-23(25)26-15-21(29-22)17-6-8-20(9-7-17)36(34,35)31-12-10-30(2)11-13-31/h3-9,14-15H,10-13H2,1-2H3,(H2,25,26)(H,27,32)(H,28,33). The lowest BCUT2D eigenvalue weighted by Gasteiger charge is -2.31. The van der Waals surface area contributed by atoms with Gasteiger partial charge in [0.1, 0.15) is 0 Å². The van der Waals surface area contributed by atoms with Crippen molar-refractivity contribution in [3.8, 4) is 11.3 Å². The summed E-state index contributed by atoms with van der Waals surface area (Å²) in [6, 6.07) is 12.9. The van der Waals surface area contributed by atoms with Crippen LogP contribution < -0.4 is 16.4 Å². The molecule has 2 heterocycles. The van der Waals surface area contributed by atoms with E-state index < -0.39 is 15.9 Å². The number of aromatic nitrogens is 2. The van der Waals surface area contributed by atoms with Gasteiger partial charge in [-0.05, 0) is 37.4 Å². The molecule has 0 spiro atoms. The van der Waals surface area contributed by atoms with Gasteiger partial charge < -0.3 is 21.3 Å². The van der Waals surface area contributed by atoms with Crippen LogP contribution in [0.4, 0.5) is 17.2 Å². The maximum atomic E-state index is 13.0. The van der Waals surface area contributed by atoms with Crippen molar-refractivity contribution < 1.29 is 18.0 Å². The first-order chi connectivity index (χ1) is 17.1. The van der Waals surface area contributed by atoms with E-state index in [2.05, 4.69) is 25.5 Å². The molecule has 0 bridgehead atoms. The number of sulfonamides is 1. The van der Waals surface area contributed by atoms with Gasteiger partial charge in [-0.15, -0.1) is 0 Å². The number of nitrogens with two attached hydrogens (primary N) is 1. The summed E-state index contributed by atoms with van der Waals surface area (Å²) in [5.74, 6) is -0.858. The molecule has 0 atom stereocenters. The van der Waals surface area contributed by atoms with Crippen LogP contribution in [0.3, 0.4) is 0 Å². The molecule has 0 unspecified atom stereocenters. The Morgan fingerprint density at radius 2 is 1.61 bits per heavy atom. The van der Waals surface area contributed by atoms with Gasteiger partial charge in [0, 0.05) is 50.0 Å².